The monoisotopic (exact) mass is 330 g/mol. The van der Waals surface area contributed by atoms with Crippen molar-refractivity contribution in [1.29, 1.82) is 0 Å². The molecule has 0 spiro atoms. The van der Waals surface area contributed by atoms with Crippen LogP contribution in [0.25, 0.3) is 0 Å². The first-order chi connectivity index (χ1) is 11.6. The summed E-state index contributed by atoms with van der Waals surface area (Å²) in [6, 6.07) is 3.76. The van der Waals surface area contributed by atoms with Crippen LogP contribution in [0.2, 0.25) is 0 Å². The molecule has 1 aliphatic rings. The number of furan rings is 1. The Kier molecular flexibility index (Phi) is 4.80. The van der Waals surface area contributed by atoms with Crippen molar-refractivity contribution in [2.45, 2.75) is 32.4 Å². The van der Waals surface area contributed by atoms with Gasteiger partial charge in [0.25, 0.3) is 5.91 Å². The summed E-state index contributed by atoms with van der Waals surface area (Å²) in [6.07, 6.45) is 4.21. The van der Waals surface area contributed by atoms with Gasteiger partial charge < -0.3 is 19.4 Å². The van der Waals surface area contributed by atoms with Crippen molar-refractivity contribution in [3.8, 4) is 0 Å². The molecule has 7 heteroatoms. The number of methoxy groups -OCH3 is 1. The standard InChI is InChI=1S/C17H22N4O3/c1-11-6-15(12(2)24-11)17(22)19-8-13-7-14(23-3)9-21(13)16-4-5-18-10-20-16/h4-6,10,13-14H,7-9H2,1-3H3,(H,19,22)/t13-,14-/m1/s1. The van der Waals surface area contributed by atoms with Crippen molar-refractivity contribution in [3.05, 3.63) is 41.7 Å². The lowest BCUT2D eigenvalue weighted by Crippen LogP contribution is -2.40. The fourth-order valence-electron chi connectivity index (χ4n) is 3.13. The Balaban J connectivity index is 1.68. The number of hydrogen-bond acceptors (Lipinski definition) is 6. The molecule has 24 heavy (non-hydrogen) atoms. The summed E-state index contributed by atoms with van der Waals surface area (Å²) in [5.74, 6) is 2.10. The number of aryl methyl sites for hydroxylation is 2. The van der Waals surface area contributed by atoms with Gasteiger partial charge in [-0.15, -0.1) is 0 Å². The fourth-order valence-corrected chi connectivity index (χ4v) is 3.13. The summed E-state index contributed by atoms with van der Waals surface area (Å²) in [5, 5.41) is 3.00. The van der Waals surface area contributed by atoms with Gasteiger partial charge in [0, 0.05) is 26.4 Å². The Hall–Kier alpha value is -2.41. The maximum atomic E-state index is 12.4. The molecular formula is C17H22N4O3. The first-order valence-corrected chi connectivity index (χ1v) is 7.99. The van der Waals surface area contributed by atoms with Crippen LogP contribution >= 0.6 is 0 Å². The van der Waals surface area contributed by atoms with Gasteiger partial charge in [-0.05, 0) is 32.4 Å². The number of carbonyl (C=O) groups is 1. The summed E-state index contributed by atoms with van der Waals surface area (Å²) in [6.45, 7) is 4.90. The maximum absolute atomic E-state index is 12.4. The van der Waals surface area contributed by atoms with E-state index in [4.69, 9.17) is 9.15 Å². The molecule has 2 atom stereocenters. The smallest absolute Gasteiger partial charge is 0.254 e. The Labute approximate surface area is 141 Å². The topological polar surface area (TPSA) is 80.5 Å². The molecule has 0 aliphatic carbocycles. The molecule has 1 N–H and O–H groups in total. The lowest BCUT2D eigenvalue weighted by atomic mass is 10.2. The molecule has 0 radical (unpaired) electrons. The molecular weight excluding hydrogens is 308 g/mol. The third kappa shape index (κ3) is 3.41. The van der Waals surface area contributed by atoms with Crippen LogP contribution < -0.4 is 10.2 Å². The highest BCUT2D eigenvalue weighted by molar-refractivity contribution is 5.95. The van der Waals surface area contributed by atoms with Gasteiger partial charge in [-0.25, -0.2) is 9.97 Å². The predicted octanol–water partition coefficient (Wildman–Crippen LogP) is 1.71. The second kappa shape index (κ2) is 7.00. The summed E-state index contributed by atoms with van der Waals surface area (Å²) in [7, 11) is 1.71. The molecule has 2 aromatic rings. The number of amides is 1. The summed E-state index contributed by atoms with van der Waals surface area (Å²) in [5.41, 5.74) is 0.586. The van der Waals surface area contributed by atoms with Crippen LogP contribution in [0.5, 0.6) is 0 Å². The average molecular weight is 330 g/mol. The van der Waals surface area contributed by atoms with Gasteiger partial charge in [0.2, 0.25) is 0 Å². The van der Waals surface area contributed by atoms with Crippen LogP contribution in [0.4, 0.5) is 5.82 Å². The van der Waals surface area contributed by atoms with E-state index in [-0.39, 0.29) is 18.1 Å². The molecule has 7 nitrogen and oxygen atoms in total. The lowest BCUT2D eigenvalue weighted by Gasteiger charge is -2.25. The zero-order valence-electron chi connectivity index (χ0n) is 14.2. The second-order valence-electron chi connectivity index (χ2n) is 6.00. The summed E-state index contributed by atoms with van der Waals surface area (Å²) >= 11 is 0. The van der Waals surface area contributed by atoms with Crippen LogP contribution in [0.1, 0.15) is 28.3 Å². The van der Waals surface area contributed by atoms with Crippen LogP contribution in [0.3, 0.4) is 0 Å². The first kappa shape index (κ1) is 16.4. The molecule has 3 rings (SSSR count). The fraction of sp³-hybridized carbons (Fsp3) is 0.471. The third-order valence-electron chi connectivity index (χ3n) is 4.35. The molecule has 1 aliphatic heterocycles. The molecule has 1 amide bonds. The first-order valence-electron chi connectivity index (χ1n) is 7.99. The molecule has 2 aromatic heterocycles. The highest BCUT2D eigenvalue weighted by atomic mass is 16.5. The maximum Gasteiger partial charge on any atom is 0.254 e. The van der Waals surface area contributed by atoms with E-state index in [1.807, 2.05) is 13.0 Å². The van der Waals surface area contributed by atoms with Crippen molar-refractivity contribution in [3.63, 3.8) is 0 Å². The lowest BCUT2D eigenvalue weighted by molar-refractivity contribution is 0.0945. The van der Waals surface area contributed by atoms with E-state index >= 15 is 0 Å². The number of rotatable bonds is 5. The largest absolute Gasteiger partial charge is 0.466 e. The molecule has 1 saturated heterocycles. The highest BCUT2D eigenvalue weighted by Gasteiger charge is 2.33. The normalized spacial score (nSPS) is 20.4. The number of aromatic nitrogens is 2. The number of nitrogens with zero attached hydrogens (tertiary/aromatic N) is 3. The molecule has 3 heterocycles. The zero-order chi connectivity index (χ0) is 17.1. The molecule has 128 valence electrons. The van der Waals surface area contributed by atoms with Gasteiger partial charge in [-0.2, -0.15) is 0 Å². The number of anilines is 1. The van der Waals surface area contributed by atoms with E-state index in [1.165, 1.54) is 6.33 Å². The Morgan fingerprint density at radius 3 is 2.96 bits per heavy atom. The Bertz CT molecular complexity index is 701. The predicted molar refractivity (Wildman–Crippen MR) is 89.1 cm³/mol. The minimum atomic E-state index is -0.118. The van der Waals surface area contributed by atoms with E-state index in [2.05, 4.69) is 20.2 Å². The minimum Gasteiger partial charge on any atom is -0.466 e. The van der Waals surface area contributed by atoms with E-state index in [0.29, 0.717) is 17.9 Å². The molecule has 0 bridgehead atoms. The minimum absolute atomic E-state index is 0.118. The van der Waals surface area contributed by atoms with Crippen LogP contribution in [-0.2, 0) is 4.74 Å². The van der Waals surface area contributed by atoms with E-state index in [9.17, 15) is 4.79 Å². The van der Waals surface area contributed by atoms with E-state index in [1.54, 1.807) is 26.3 Å². The number of nitrogens with one attached hydrogen (secondary N) is 1. The van der Waals surface area contributed by atoms with Gasteiger partial charge in [-0.1, -0.05) is 0 Å². The highest BCUT2D eigenvalue weighted by Crippen LogP contribution is 2.25. The van der Waals surface area contributed by atoms with Crippen molar-refractivity contribution < 1.29 is 13.9 Å². The Morgan fingerprint density at radius 2 is 2.33 bits per heavy atom. The van der Waals surface area contributed by atoms with Crippen molar-refractivity contribution in [2.75, 3.05) is 25.1 Å². The third-order valence-corrected chi connectivity index (χ3v) is 4.35. The van der Waals surface area contributed by atoms with Crippen LogP contribution in [-0.4, -0.2) is 48.2 Å². The average Bonchev–Trinajstić information content (AvgIpc) is 3.16. The molecule has 0 unspecified atom stereocenters. The van der Waals surface area contributed by atoms with Gasteiger partial charge in [0.05, 0.1) is 17.7 Å². The van der Waals surface area contributed by atoms with Gasteiger partial charge in [0.15, 0.2) is 0 Å². The molecule has 0 aromatic carbocycles. The summed E-state index contributed by atoms with van der Waals surface area (Å²) < 4.78 is 10.9. The molecule has 0 saturated carbocycles. The summed E-state index contributed by atoms with van der Waals surface area (Å²) in [4.78, 5) is 22.8. The Morgan fingerprint density at radius 1 is 1.50 bits per heavy atom. The van der Waals surface area contributed by atoms with Crippen LogP contribution in [0, 0.1) is 13.8 Å². The number of ether oxygens (including phenoxy) is 1. The van der Waals surface area contributed by atoms with Crippen molar-refractivity contribution in [2.24, 2.45) is 0 Å². The van der Waals surface area contributed by atoms with Gasteiger partial charge in [0.1, 0.15) is 23.7 Å². The second-order valence-corrected chi connectivity index (χ2v) is 6.00. The van der Waals surface area contributed by atoms with Crippen molar-refractivity contribution >= 4 is 11.7 Å². The number of hydrogen-bond donors (Lipinski definition) is 1. The van der Waals surface area contributed by atoms with Crippen LogP contribution in [0.15, 0.2) is 29.1 Å². The van der Waals surface area contributed by atoms with Crippen molar-refractivity contribution in [1.82, 2.24) is 15.3 Å². The zero-order valence-corrected chi connectivity index (χ0v) is 14.2. The number of carbonyl (C=O) groups excluding carboxylic acids is 1. The van der Waals surface area contributed by atoms with Gasteiger partial charge in [-0.3, -0.25) is 4.79 Å². The van der Waals surface area contributed by atoms with E-state index < -0.39 is 0 Å². The molecule has 1 fully saturated rings. The van der Waals surface area contributed by atoms with E-state index in [0.717, 1.165) is 24.5 Å². The SMILES string of the molecule is CO[C@@H]1C[C@H](CNC(=O)c2cc(C)oc2C)N(c2ccncn2)C1. The van der Waals surface area contributed by atoms with Gasteiger partial charge >= 0.3 is 0 Å². The quantitative estimate of drug-likeness (QED) is 0.899.